The van der Waals surface area contributed by atoms with Gasteiger partial charge in [-0.25, -0.2) is 5.48 Å². The lowest BCUT2D eigenvalue weighted by atomic mass is 10.1. The highest BCUT2D eigenvalue weighted by molar-refractivity contribution is 5.90. The predicted molar refractivity (Wildman–Crippen MR) is 104 cm³/mol. The van der Waals surface area contributed by atoms with Crippen molar-refractivity contribution in [1.29, 1.82) is 0 Å². The molecule has 0 bridgehead atoms. The molecule has 5 heteroatoms. The summed E-state index contributed by atoms with van der Waals surface area (Å²) < 4.78 is 2.15. The fourth-order valence-corrected chi connectivity index (χ4v) is 2.88. The fraction of sp³-hybridized carbons (Fsp3) is 0.190. The van der Waals surface area contributed by atoms with Gasteiger partial charge in [0, 0.05) is 31.4 Å². The number of hydroxylamine groups is 1. The fourth-order valence-electron chi connectivity index (χ4n) is 2.88. The van der Waals surface area contributed by atoms with Crippen molar-refractivity contribution < 1.29 is 10.0 Å². The zero-order valence-electron chi connectivity index (χ0n) is 14.8. The van der Waals surface area contributed by atoms with Crippen LogP contribution in [0.3, 0.4) is 0 Å². The third-order valence-electron chi connectivity index (χ3n) is 4.39. The van der Waals surface area contributed by atoms with Crippen molar-refractivity contribution in [3.63, 3.8) is 0 Å². The van der Waals surface area contributed by atoms with E-state index in [-0.39, 0.29) is 0 Å². The lowest BCUT2D eigenvalue weighted by Crippen LogP contribution is -2.16. The summed E-state index contributed by atoms with van der Waals surface area (Å²) in [6, 6.07) is 16.7. The number of aromatic nitrogens is 1. The normalized spacial score (nSPS) is 11.3. The van der Waals surface area contributed by atoms with Gasteiger partial charge in [-0.1, -0.05) is 36.4 Å². The summed E-state index contributed by atoms with van der Waals surface area (Å²) in [6.07, 6.45) is 6.01. The van der Waals surface area contributed by atoms with E-state index in [1.165, 1.54) is 28.1 Å². The van der Waals surface area contributed by atoms with Gasteiger partial charge in [0.25, 0.3) is 5.91 Å². The summed E-state index contributed by atoms with van der Waals surface area (Å²) in [5.41, 5.74) is 6.26. The molecule has 0 aliphatic rings. The van der Waals surface area contributed by atoms with Gasteiger partial charge in [0.15, 0.2) is 0 Å². The zero-order chi connectivity index (χ0) is 18.4. The molecule has 2 aromatic carbocycles. The maximum atomic E-state index is 11.0. The molecule has 0 aliphatic carbocycles. The Bertz CT molecular complexity index is 911. The van der Waals surface area contributed by atoms with Gasteiger partial charge in [0.05, 0.1) is 0 Å². The first-order valence-corrected chi connectivity index (χ1v) is 8.61. The Morgan fingerprint density at radius 1 is 1.12 bits per heavy atom. The summed E-state index contributed by atoms with van der Waals surface area (Å²) in [6.45, 7) is 1.71. The van der Waals surface area contributed by atoms with Gasteiger partial charge in [0.2, 0.25) is 0 Å². The minimum absolute atomic E-state index is 0.538. The minimum atomic E-state index is -0.538. The van der Waals surface area contributed by atoms with Crippen molar-refractivity contribution >= 4 is 22.9 Å². The van der Waals surface area contributed by atoms with E-state index in [4.69, 9.17) is 5.21 Å². The number of fused-ring (bicyclic) bond motifs is 1. The monoisotopic (exact) mass is 349 g/mol. The number of hydrogen-bond acceptors (Lipinski definition) is 3. The number of rotatable bonds is 7. The van der Waals surface area contributed by atoms with E-state index >= 15 is 0 Å². The summed E-state index contributed by atoms with van der Waals surface area (Å²) in [4.78, 5) is 11.0. The number of aryl methyl sites for hydroxylation is 1. The van der Waals surface area contributed by atoms with Crippen LogP contribution in [0.5, 0.6) is 0 Å². The van der Waals surface area contributed by atoms with Crippen LogP contribution in [0, 0.1) is 0 Å². The van der Waals surface area contributed by atoms with Gasteiger partial charge in [-0.3, -0.25) is 10.0 Å². The first-order chi connectivity index (χ1) is 12.7. The Balaban J connectivity index is 1.47. The van der Waals surface area contributed by atoms with Crippen molar-refractivity contribution in [2.45, 2.75) is 13.0 Å². The van der Waals surface area contributed by atoms with E-state index in [9.17, 15) is 4.79 Å². The van der Waals surface area contributed by atoms with Gasteiger partial charge >= 0.3 is 0 Å². The first kappa shape index (κ1) is 17.9. The second-order valence-corrected chi connectivity index (χ2v) is 6.30. The summed E-state index contributed by atoms with van der Waals surface area (Å²) in [7, 11) is 2.07. The molecule has 134 valence electrons. The van der Waals surface area contributed by atoms with Gasteiger partial charge in [-0.2, -0.15) is 0 Å². The predicted octanol–water partition coefficient (Wildman–Crippen LogP) is 3.03. The lowest BCUT2D eigenvalue weighted by Gasteiger charge is -2.07. The first-order valence-electron chi connectivity index (χ1n) is 8.61. The molecule has 0 aliphatic heterocycles. The van der Waals surface area contributed by atoms with Crippen LogP contribution in [-0.4, -0.2) is 22.2 Å². The molecule has 1 heterocycles. The molecule has 0 saturated heterocycles. The Kier molecular flexibility index (Phi) is 5.84. The van der Waals surface area contributed by atoms with E-state index in [0.29, 0.717) is 0 Å². The van der Waals surface area contributed by atoms with Crippen molar-refractivity contribution in [3.8, 4) is 0 Å². The highest BCUT2D eigenvalue weighted by Crippen LogP contribution is 2.16. The van der Waals surface area contributed by atoms with Gasteiger partial charge in [0.1, 0.15) is 0 Å². The lowest BCUT2D eigenvalue weighted by molar-refractivity contribution is -0.124. The molecule has 1 aromatic heterocycles. The van der Waals surface area contributed by atoms with Crippen LogP contribution >= 0.6 is 0 Å². The number of benzene rings is 2. The Morgan fingerprint density at radius 3 is 2.65 bits per heavy atom. The molecule has 0 fully saturated rings. The third-order valence-corrected chi connectivity index (χ3v) is 4.39. The molecule has 0 atom stereocenters. The molecule has 1 amide bonds. The quantitative estimate of drug-likeness (QED) is 0.266. The van der Waals surface area contributed by atoms with Crippen LogP contribution in [0.4, 0.5) is 0 Å². The van der Waals surface area contributed by atoms with Gasteiger partial charge < -0.3 is 9.88 Å². The Labute approximate surface area is 152 Å². The molecule has 0 unspecified atom stereocenters. The average Bonchev–Trinajstić information content (AvgIpc) is 3.04. The highest BCUT2D eigenvalue weighted by atomic mass is 16.5. The van der Waals surface area contributed by atoms with Crippen molar-refractivity contribution in [2.24, 2.45) is 7.05 Å². The standard InChI is InChI=1S/C21H23N3O2/c1-24-13-11-19-8-6-17(14-20(19)24)10-12-22-15-18-4-2-16(3-5-18)7-9-21(25)23-26/h2-9,11,13-14,22,26H,10,12,15H2,1H3,(H,23,25)/b9-7+. The molecule has 0 spiro atoms. The van der Waals surface area contributed by atoms with Crippen LogP contribution in [0.25, 0.3) is 17.0 Å². The molecule has 26 heavy (non-hydrogen) atoms. The summed E-state index contributed by atoms with van der Waals surface area (Å²) >= 11 is 0. The van der Waals surface area contributed by atoms with Crippen molar-refractivity contribution in [2.75, 3.05) is 6.54 Å². The molecule has 0 saturated carbocycles. The number of hydrogen-bond donors (Lipinski definition) is 3. The van der Waals surface area contributed by atoms with E-state index in [1.54, 1.807) is 11.6 Å². The van der Waals surface area contributed by atoms with Crippen LogP contribution in [0.15, 0.2) is 60.8 Å². The zero-order valence-corrected chi connectivity index (χ0v) is 14.8. The summed E-state index contributed by atoms with van der Waals surface area (Å²) in [5.74, 6) is -0.538. The van der Waals surface area contributed by atoms with Crippen LogP contribution in [0.2, 0.25) is 0 Å². The van der Waals surface area contributed by atoms with Crippen molar-refractivity contribution in [1.82, 2.24) is 15.4 Å². The number of carbonyl (C=O) groups is 1. The number of nitrogens with one attached hydrogen (secondary N) is 2. The molecule has 0 radical (unpaired) electrons. The molecular weight excluding hydrogens is 326 g/mol. The van der Waals surface area contributed by atoms with E-state index in [2.05, 4.69) is 47.4 Å². The molecule has 3 rings (SSSR count). The topological polar surface area (TPSA) is 66.3 Å². The van der Waals surface area contributed by atoms with E-state index in [1.807, 2.05) is 24.3 Å². The number of carbonyl (C=O) groups excluding carboxylic acids is 1. The van der Waals surface area contributed by atoms with E-state index in [0.717, 1.165) is 25.1 Å². The number of nitrogens with zero attached hydrogens (tertiary/aromatic N) is 1. The third kappa shape index (κ3) is 4.59. The van der Waals surface area contributed by atoms with Crippen LogP contribution < -0.4 is 10.8 Å². The second-order valence-electron chi connectivity index (χ2n) is 6.30. The Morgan fingerprint density at radius 2 is 1.88 bits per heavy atom. The van der Waals surface area contributed by atoms with Crippen LogP contribution in [0.1, 0.15) is 16.7 Å². The smallest absolute Gasteiger partial charge is 0.267 e. The maximum Gasteiger partial charge on any atom is 0.267 e. The molecule has 5 nitrogen and oxygen atoms in total. The Hall–Kier alpha value is -2.89. The minimum Gasteiger partial charge on any atom is -0.351 e. The molecular formula is C21H23N3O2. The molecule has 3 N–H and O–H groups in total. The maximum absolute atomic E-state index is 11.0. The summed E-state index contributed by atoms with van der Waals surface area (Å²) in [5, 5.41) is 13.2. The SMILES string of the molecule is Cn1ccc2ccc(CCNCc3ccc(/C=C/C(=O)NO)cc3)cc21. The van der Waals surface area contributed by atoms with E-state index < -0.39 is 5.91 Å². The van der Waals surface area contributed by atoms with Crippen molar-refractivity contribution in [3.05, 3.63) is 77.5 Å². The second kappa shape index (κ2) is 8.47. The molecule has 3 aromatic rings. The van der Waals surface area contributed by atoms with Gasteiger partial charge in [-0.05, 0) is 53.3 Å². The number of amides is 1. The highest BCUT2D eigenvalue weighted by Gasteiger charge is 2.00. The van der Waals surface area contributed by atoms with Crippen LogP contribution in [-0.2, 0) is 24.8 Å². The largest absolute Gasteiger partial charge is 0.351 e. The van der Waals surface area contributed by atoms with Gasteiger partial charge in [-0.15, -0.1) is 0 Å². The average molecular weight is 349 g/mol.